The van der Waals surface area contributed by atoms with Crippen LogP contribution in [0.2, 0.25) is 0 Å². The number of benzene rings is 2. The average Bonchev–Trinajstić information content (AvgIpc) is 2.45. The molecule has 0 aliphatic heterocycles. The van der Waals surface area contributed by atoms with Crippen molar-refractivity contribution in [3.05, 3.63) is 65.2 Å². The summed E-state index contributed by atoms with van der Waals surface area (Å²) in [6.07, 6.45) is -4.40. The van der Waals surface area contributed by atoms with E-state index in [2.05, 4.69) is 0 Å². The van der Waals surface area contributed by atoms with Crippen molar-refractivity contribution >= 4 is 16.8 Å². The summed E-state index contributed by atoms with van der Waals surface area (Å²) in [6, 6.07) is 11.0. The lowest BCUT2D eigenvalue weighted by molar-refractivity contribution is -0.137. The van der Waals surface area contributed by atoms with Gasteiger partial charge in [-0.1, -0.05) is 18.2 Å². The molecule has 0 aromatic heterocycles. The third kappa shape index (κ3) is 4.23. The fourth-order valence-corrected chi connectivity index (χ4v) is 1.79. The molecule has 0 aliphatic rings. The highest BCUT2D eigenvalue weighted by Gasteiger charge is 2.30. The lowest BCUT2D eigenvalue weighted by Crippen LogP contribution is -2.05. The van der Waals surface area contributed by atoms with Gasteiger partial charge in [0.2, 0.25) is 0 Å². The van der Waals surface area contributed by atoms with Crippen LogP contribution in [0.15, 0.2) is 48.5 Å². The molecular formula is C15H10ClF3O2. The molecule has 0 saturated carbocycles. The number of halogens is 4. The predicted octanol–water partition coefficient (Wildman–Crippen LogP) is 4.66. The topological polar surface area (TPSA) is 26.3 Å². The molecule has 0 bridgehead atoms. The van der Waals surface area contributed by atoms with Crippen molar-refractivity contribution in [2.24, 2.45) is 0 Å². The first-order chi connectivity index (χ1) is 9.86. The van der Waals surface area contributed by atoms with Gasteiger partial charge in [0.25, 0.3) is 5.24 Å². The first-order valence-corrected chi connectivity index (χ1v) is 6.33. The third-order valence-electron chi connectivity index (χ3n) is 2.75. The molecule has 2 aromatic rings. The van der Waals surface area contributed by atoms with Crippen LogP contribution in [-0.2, 0) is 12.8 Å². The van der Waals surface area contributed by atoms with Gasteiger partial charge in [0.05, 0.1) is 5.56 Å². The van der Waals surface area contributed by atoms with Gasteiger partial charge >= 0.3 is 6.18 Å². The maximum atomic E-state index is 12.6. The highest BCUT2D eigenvalue weighted by Crippen LogP contribution is 2.31. The van der Waals surface area contributed by atoms with E-state index in [0.717, 1.165) is 12.1 Å². The summed E-state index contributed by atoms with van der Waals surface area (Å²) in [4.78, 5) is 10.9. The van der Waals surface area contributed by atoms with Crippen LogP contribution in [0.1, 0.15) is 21.5 Å². The number of rotatable bonds is 4. The maximum Gasteiger partial charge on any atom is 0.416 e. The normalized spacial score (nSPS) is 11.2. The van der Waals surface area contributed by atoms with E-state index in [1.165, 1.54) is 24.3 Å². The minimum absolute atomic E-state index is 0.0953. The Morgan fingerprint density at radius 3 is 2.33 bits per heavy atom. The summed E-state index contributed by atoms with van der Waals surface area (Å²) in [7, 11) is 0. The zero-order valence-corrected chi connectivity index (χ0v) is 11.4. The molecule has 6 heteroatoms. The lowest BCUT2D eigenvalue weighted by atomic mass is 10.1. The average molecular weight is 315 g/mol. The SMILES string of the molecule is O=C(Cl)c1ccc(COc2cccc(C(F)(F)F)c2)cc1. The van der Waals surface area contributed by atoms with Gasteiger partial charge in [0.15, 0.2) is 0 Å². The first kappa shape index (κ1) is 15.4. The molecule has 0 aliphatic carbocycles. The standard InChI is InChI=1S/C15H10ClF3O2/c16-14(20)11-6-4-10(5-7-11)9-21-13-3-1-2-12(8-13)15(17,18)19/h1-8H,9H2. The van der Waals surface area contributed by atoms with Crippen LogP contribution in [0.5, 0.6) is 5.75 Å². The van der Waals surface area contributed by atoms with E-state index in [1.807, 2.05) is 0 Å². The summed E-state index contributed by atoms with van der Waals surface area (Å²) in [5, 5.41) is -0.569. The Morgan fingerprint density at radius 1 is 1.10 bits per heavy atom. The van der Waals surface area contributed by atoms with Crippen LogP contribution in [0.3, 0.4) is 0 Å². The van der Waals surface area contributed by atoms with Gasteiger partial charge in [-0.25, -0.2) is 0 Å². The van der Waals surface area contributed by atoms with Crippen molar-refractivity contribution in [1.82, 2.24) is 0 Å². The second-order valence-electron chi connectivity index (χ2n) is 4.28. The molecule has 2 rings (SSSR count). The van der Waals surface area contributed by atoms with E-state index in [1.54, 1.807) is 12.1 Å². The van der Waals surface area contributed by atoms with Gasteiger partial charge < -0.3 is 4.74 Å². The van der Waals surface area contributed by atoms with Crippen LogP contribution < -0.4 is 4.74 Å². The zero-order chi connectivity index (χ0) is 15.5. The molecule has 0 amide bonds. The van der Waals surface area contributed by atoms with Crippen LogP contribution in [0, 0.1) is 0 Å². The minimum atomic E-state index is -4.40. The first-order valence-electron chi connectivity index (χ1n) is 5.95. The molecular weight excluding hydrogens is 305 g/mol. The van der Waals surface area contributed by atoms with E-state index in [-0.39, 0.29) is 12.4 Å². The molecule has 2 nitrogen and oxygen atoms in total. The van der Waals surface area contributed by atoms with Gasteiger partial charge in [-0.3, -0.25) is 4.79 Å². The third-order valence-corrected chi connectivity index (χ3v) is 2.97. The Morgan fingerprint density at radius 2 is 1.76 bits per heavy atom. The molecule has 2 aromatic carbocycles. The molecule has 0 heterocycles. The van der Waals surface area contributed by atoms with Crippen LogP contribution >= 0.6 is 11.6 Å². The molecule has 0 unspecified atom stereocenters. The summed E-state index contributed by atoms with van der Waals surface area (Å²) in [5.41, 5.74) is 0.302. The Kier molecular flexibility index (Phi) is 4.53. The van der Waals surface area contributed by atoms with Crippen LogP contribution in [-0.4, -0.2) is 5.24 Å². The number of ether oxygens (including phenoxy) is 1. The van der Waals surface area contributed by atoms with Crippen molar-refractivity contribution in [2.45, 2.75) is 12.8 Å². The smallest absolute Gasteiger partial charge is 0.416 e. The quantitative estimate of drug-likeness (QED) is 0.767. The van der Waals surface area contributed by atoms with Crippen molar-refractivity contribution in [2.75, 3.05) is 0 Å². The van der Waals surface area contributed by atoms with Gasteiger partial charge in [0, 0.05) is 5.56 Å². The number of alkyl halides is 3. The van der Waals surface area contributed by atoms with Gasteiger partial charge in [-0.2, -0.15) is 13.2 Å². The highest BCUT2D eigenvalue weighted by molar-refractivity contribution is 6.67. The number of carbonyl (C=O) groups is 1. The monoisotopic (exact) mass is 314 g/mol. The Balaban J connectivity index is 2.04. The summed E-state index contributed by atoms with van der Waals surface area (Å²) in [6.45, 7) is 0.0953. The zero-order valence-electron chi connectivity index (χ0n) is 10.7. The van der Waals surface area contributed by atoms with E-state index in [0.29, 0.717) is 11.1 Å². The molecule has 0 saturated heterocycles. The number of carbonyl (C=O) groups excluding carboxylic acids is 1. The van der Waals surface area contributed by atoms with Crippen molar-refractivity contribution < 1.29 is 22.7 Å². The number of hydrogen-bond acceptors (Lipinski definition) is 2. The molecule has 0 spiro atoms. The van der Waals surface area contributed by atoms with Crippen LogP contribution in [0.4, 0.5) is 13.2 Å². The highest BCUT2D eigenvalue weighted by atomic mass is 35.5. The van der Waals surface area contributed by atoms with E-state index in [4.69, 9.17) is 16.3 Å². The Hall–Kier alpha value is -2.01. The lowest BCUT2D eigenvalue weighted by Gasteiger charge is -2.10. The fourth-order valence-electron chi connectivity index (χ4n) is 1.66. The van der Waals surface area contributed by atoms with Gasteiger partial charge in [-0.15, -0.1) is 0 Å². The van der Waals surface area contributed by atoms with E-state index < -0.39 is 17.0 Å². The molecule has 0 fully saturated rings. The van der Waals surface area contributed by atoms with Crippen molar-refractivity contribution in [3.8, 4) is 5.75 Å². The Bertz CT molecular complexity index is 636. The van der Waals surface area contributed by atoms with Crippen molar-refractivity contribution in [1.29, 1.82) is 0 Å². The summed E-state index contributed by atoms with van der Waals surface area (Å²) in [5.74, 6) is 0.127. The molecule has 110 valence electrons. The second kappa shape index (κ2) is 6.18. The molecule has 21 heavy (non-hydrogen) atoms. The van der Waals surface area contributed by atoms with Gasteiger partial charge in [-0.05, 0) is 47.5 Å². The Labute approximate surface area is 124 Å². The summed E-state index contributed by atoms with van der Waals surface area (Å²) < 4.78 is 43.0. The second-order valence-corrected chi connectivity index (χ2v) is 4.63. The number of hydrogen-bond donors (Lipinski definition) is 0. The fraction of sp³-hybridized carbons (Fsp3) is 0.133. The van der Waals surface area contributed by atoms with Crippen LogP contribution in [0.25, 0.3) is 0 Å². The maximum absolute atomic E-state index is 12.6. The molecule has 0 atom stereocenters. The van der Waals surface area contributed by atoms with E-state index >= 15 is 0 Å². The van der Waals surface area contributed by atoms with Crippen molar-refractivity contribution in [3.63, 3.8) is 0 Å². The largest absolute Gasteiger partial charge is 0.489 e. The summed E-state index contributed by atoms with van der Waals surface area (Å²) >= 11 is 5.31. The molecule has 0 N–H and O–H groups in total. The minimum Gasteiger partial charge on any atom is -0.489 e. The van der Waals surface area contributed by atoms with Gasteiger partial charge in [0.1, 0.15) is 12.4 Å². The van der Waals surface area contributed by atoms with E-state index in [9.17, 15) is 18.0 Å². The molecule has 0 radical (unpaired) electrons. The predicted molar refractivity (Wildman–Crippen MR) is 72.4 cm³/mol.